The van der Waals surface area contributed by atoms with Gasteiger partial charge in [-0.1, -0.05) is 0 Å². The van der Waals surface area contributed by atoms with Gasteiger partial charge >= 0.3 is 8.69 Å². The molecule has 6 heteroatoms. The molecule has 1 saturated heterocycles. The second-order valence-corrected chi connectivity index (χ2v) is 3.75. The van der Waals surface area contributed by atoms with Crippen LogP contribution in [0.3, 0.4) is 0 Å². The molecule has 1 fully saturated rings. The highest BCUT2D eigenvalue weighted by Crippen LogP contribution is 2.26. The molecule has 1 aliphatic heterocycles. The quantitative estimate of drug-likeness (QED) is 0.492. The van der Waals surface area contributed by atoms with Gasteiger partial charge in [-0.3, -0.25) is 4.52 Å². The summed E-state index contributed by atoms with van der Waals surface area (Å²) in [5.74, 6) is 0.458. The van der Waals surface area contributed by atoms with Crippen molar-refractivity contribution in [3.8, 4) is 0 Å². The molecule has 1 rings (SSSR count). The minimum atomic E-state index is -0.281. The van der Waals surface area contributed by atoms with Gasteiger partial charge in [0.15, 0.2) is 0 Å². The number of methoxy groups -OCH3 is 1. The van der Waals surface area contributed by atoms with Gasteiger partial charge in [-0.05, 0) is 12.2 Å². The molecule has 2 unspecified atom stereocenters. The first-order valence-electron chi connectivity index (χ1n) is 4.37. The Labute approximate surface area is 80.6 Å². The molecular formula is C7H14BO4P. The van der Waals surface area contributed by atoms with Gasteiger partial charge in [0, 0.05) is 13.7 Å². The van der Waals surface area contributed by atoms with E-state index in [1.54, 1.807) is 7.11 Å². The number of ether oxygens (including phenoxy) is 2. The van der Waals surface area contributed by atoms with Crippen molar-refractivity contribution >= 4 is 16.5 Å². The van der Waals surface area contributed by atoms with Gasteiger partial charge in [0.05, 0.1) is 12.7 Å². The van der Waals surface area contributed by atoms with Crippen LogP contribution in [0.15, 0.2) is 0 Å². The fourth-order valence-electron chi connectivity index (χ4n) is 1.50. The van der Waals surface area contributed by atoms with Gasteiger partial charge in [-0.25, -0.2) is 4.57 Å². The maximum atomic E-state index is 10.3. The van der Waals surface area contributed by atoms with Crippen molar-refractivity contribution < 1.29 is 18.6 Å². The summed E-state index contributed by atoms with van der Waals surface area (Å²) in [5.41, 5.74) is 0. The monoisotopic (exact) mass is 204 g/mol. The third-order valence-electron chi connectivity index (χ3n) is 2.15. The van der Waals surface area contributed by atoms with Crippen LogP contribution < -0.4 is 0 Å². The van der Waals surface area contributed by atoms with Crippen LogP contribution in [0.5, 0.6) is 0 Å². The Kier molecular flexibility index (Phi) is 4.88. The van der Waals surface area contributed by atoms with Crippen LogP contribution in [0.2, 0.25) is 5.82 Å². The third kappa shape index (κ3) is 3.35. The fraction of sp³-hybridized carbons (Fsp3) is 1.00. The molecule has 13 heavy (non-hydrogen) atoms. The van der Waals surface area contributed by atoms with Crippen molar-refractivity contribution in [3.63, 3.8) is 0 Å². The van der Waals surface area contributed by atoms with Crippen LogP contribution in [0.25, 0.3) is 0 Å². The third-order valence-corrected chi connectivity index (χ3v) is 2.51. The molecule has 4 nitrogen and oxygen atoms in total. The maximum absolute atomic E-state index is 10.3. The van der Waals surface area contributed by atoms with Crippen LogP contribution in [0.1, 0.15) is 6.42 Å². The Morgan fingerprint density at radius 2 is 2.46 bits per heavy atom. The van der Waals surface area contributed by atoms with Crippen molar-refractivity contribution in [3.05, 3.63) is 0 Å². The van der Waals surface area contributed by atoms with E-state index in [1.807, 2.05) is 0 Å². The molecule has 0 aromatic carbocycles. The largest absolute Gasteiger partial charge is 0.382 e. The Morgan fingerprint density at radius 1 is 1.69 bits per heavy atom. The molecule has 74 valence electrons. The molecule has 0 radical (unpaired) electrons. The van der Waals surface area contributed by atoms with E-state index in [0.717, 1.165) is 13.0 Å². The summed E-state index contributed by atoms with van der Waals surface area (Å²) in [6, 6.07) is 0. The molecule has 0 amide bonds. The van der Waals surface area contributed by atoms with Crippen molar-refractivity contribution in [1.29, 1.82) is 0 Å². The Hall–Kier alpha value is 0.0449. The first-order valence-corrected chi connectivity index (χ1v) is 5.10. The lowest BCUT2D eigenvalue weighted by Gasteiger charge is -2.32. The van der Waals surface area contributed by atoms with Gasteiger partial charge in [0.2, 0.25) is 0 Å². The van der Waals surface area contributed by atoms with E-state index >= 15 is 0 Å². The Balaban J connectivity index is 2.44. The van der Waals surface area contributed by atoms with E-state index in [0.29, 0.717) is 12.4 Å². The van der Waals surface area contributed by atoms with Gasteiger partial charge < -0.3 is 9.47 Å². The smallest absolute Gasteiger partial charge is 0.327 e. The lowest BCUT2D eigenvalue weighted by molar-refractivity contribution is -0.0877. The summed E-state index contributed by atoms with van der Waals surface area (Å²) < 4.78 is 25.8. The lowest BCUT2D eigenvalue weighted by atomic mass is 9.80. The number of hydrogen-bond acceptors (Lipinski definition) is 4. The second-order valence-electron chi connectivity index (χ2n) is 3.39. The topological polar surface area (TPSA) is 44.8 Å². The predicted octanol–water partition coefficient (Wildman–Crippen LogP) is 0.435. The zero-order valence-electron chi connectivity index (χ0n) is 7.93. The van der Waals surface area contributed by atoms with Crippen molar-refractivity contribution in [2.75, 3.05) is 20.3 Å². The minimum Gasteiger partial charge on any atom is -0.382 e. The molecule has 0 bridgehead atoms. The predicted molar refractivity (Wildman–Crippen MR) is 51.0 cm³/mol. The Bertz CT molecular complexity index is 169. The zero-order valence-corrected chi connectivity index (χ0v) is 8.83. The first-order chi connectivity index (χ1) is 6.27. The van der Waals surface area contributed by atoms with E-state index in [4.69, 9.17) is 14.0 Å². The molecule has 0 spiro atoms. The van der Waals surface area contributed by atoms with Gasteiger partial charge in [-0.15, -0.1) is 0 Å². The standard InChI is InChI=1S/C7H14BO4P/c1-10-4-7-6(12-13-9)2-5(8)3-11-7/h5-7H,2-4,8H2,1H3/t5-,6?,7?/m1/s1. The fourth-order valence-corrected chi connectivity index (χ4v) is 1.83. The maximum Gasteiger partial charge on any atom is 0.327 e. The van der Waals surface area contributed by atoms with Gasteiger partial charge in [0.1, 0.15) is 14.0 Å². The van der Waals surface area contributed by atoms with Crippen molar-refractivity contribution in [2.45, 2.75) is 24.4 Å². The molecule has 0 N–H and O–H groups in total. The molecular weight excluding hydrogens is 190 g/mol. The summed E-state index contributed by atoms with van der Waals surface area (Å²) in [4.78, 5) is 0. The minimum absolute atomic E-state index is 0.0809. The highest BCUT2D eigenvalue weighted by Gasteiger charge is 2.30. The van der Waals surface area contributed by atoms with E-state index in [2.05, 4.69) is 7.85 Å². The lowest BCUT2D eigenvalue weighted by Crippen LogP contribution is -2.40. The highest BCUT2D eigenvalue weighted by molar-refractivity contribution is 7.17. The molecule has 3 atom stereocenters. The molecule has 0 saturated carbocycles. The normalized spacial score (nSPS) is 35.0. The average molecular weight is 204 g/mol. The Morgan fingerprint density at radius 3 is 3.08 bits per heavy atom. The van der Waals surface area contributed by atoms with Crippen LogP contribution in [0, 0.1) is 0 Å². The number of rotatable bonds is 4. The summed E-state index contributed by atoms with van der Waals surface area (Å²) in [5, 5.41) is 0. The molecule has 0 aliphatic carbocycles. The molecule has 0 aromatic heterocycles. The highest BCUT2D eigenvalue weighted by atomic mass is 31.1. The molecule has 0 aromatic rings. The summed E-state index contributed by atoms with van der Waals surface area (Å²) in [6.07, 6.45) is 0.689. The van der Waals surface area contributed by atoms with Crippen LogP contribution in [0.4, 0.5) is 0 Å². The SMILES string of the molecule is B[C@H]1COC(COC)C(OP=O)C1. The van der Waals surface area contributed by atoms with E-state index in [-0.39, 0.29) is 20.9 Å². The average Bonchev–Trinajstić information content (AvgIpc) is 2.10. The van der Waals surface area contributed by atoms with Crippen LogP contribution in [-0.4, -0.2) is 40.4 Å². The van der Waals surface area contributed by atoms with E-state index < -0.39 is 0 Å². The molecule has 1 heterocycles. The van der Waals surface area contributed by atoms with Crippen LogP contribution >= 0.6 is 8.69 Å². The van der Waals surface area contributed by atoms with Gasteiger partial charge in [-0.2, -0.15) is 0 Å². The first kappa shape index (κ1) is 11.1. The van der Waals surface area contributed by atoms with E-state index in [9.17, 15) is 4.57 Å². The van der Waals surface area contributed by atoms with E-state index in [1.165, 1.54) is 0 Å². The second kappa shape index (κ2) is 5.71. The van der Waals surface area contributed by atoms with Crippen LogP contribution in [-0.2, 0) is 18.6 Å². The summed E-state index contributed by atoms with van der Waals surface area (Å²) >= 11 is 0. The molecule has 1 aliphatic rings. The van der Waals surface area contributed by atoms with Gasteiger partial charge in [0.25, 0.3) is 0 Å². The summed E-state index contributed by atoms with van der Waals surface area (Å²) in [7, 11) is 3.42. The zero-order chi connectivity index (χ0) is 9.68. The van der Waals surface area contributed by atoms with Crippen molar-refractivity contribution in [1.82, 2.24) is 0 Å². The summed E-state index contributed by atoms with van der Waals surface area (Å²) in [6.45, 7) is 1.22. The number of hydrogen-bond donors (Lipinski definition) is 0. The van der Waals surface area contributed by atoms with Crippen molar-refractivity contribution in [2.24, 2.45) is 0 Å².